The molecule has 0 spiro atoms. The molecule has 0 amide bonds. The lowest BCUT2D eigenvalue weighted by atomic mass is 10.3. The lowest BCUT2D eigenvalue weighted by molar-refractivity contribution is -0.132. The summed E-state index contributed by atoms with van der Waals surface area (Å²) < 4.78 is 37.7. The third-order valence-electron chi connectivity index (χ3n) is 2.94. The molecule has 22 heavy (non-hydrogen) atoms. The van der Waals surface area contributed by atoms with Gasteiger partial charge in [0.2, 0.25) is 5.56 Å². The number of guanidine groups is 1. The topological polar surface area (TPSA) is 58.4 Å². The van der Waals surface area contributed by atoms with Gasteiger partial charge in [0.25, 0.3) is 0 Å². The van der Waals surface area contributed by atoms with Crippen molar-refractivity contribution < 1.29 is 13.2 Å². The summed E-state index contributed by atoms with van der Waals surface area (Å²) in [6, 6.07) is 4.99. The predicted molar refractivity (Wildman–Crippen MR) is 80.0 cm³/mol. The Morgan fingerprint density at radius 3 is 2.59 bits per heavy atom. The highest BCUT2D eigenvalue weighted by atomic mass is 19.4. The summed E-state index contributed by atoms with van der Waals surface area (Å²) in [4.78, 5) is 15.3. The van der Waals surface area contributed by atoms with Crippen LogP contribution in [0.5, 0.6) is 0 Å². The van der Waals surface area contributed by atoms with Crippen LogP contribution in [-0.2, 0) is 6.54 Å². The van der Waals surface area contributed by atoms with Gasteiger partial charge in [0.15, 0.2) is 5.96 Å². The molecular formula is C14H21F3N4O. The Bertz CT molecular complexity index is 525. The second-order valence-corrected chi connectivity index (χ2v) is 4.73. The Kier molecular flexibility index (Phi) is 7.48. The average Bonchev–Trinajstić information content (AvgIpc) is 2.45. The summed E-state index contributed by atoms with van der Waals surface area (Å²) >= 11 is 0. The molecule has 0 aliphatic rings. The van der Waals surface area contributed by atoms with Gasteiger partial charge in [0.1, 0.15) is 0 Å². The molecule has 0 aromatic carbocycles. The van der Waals surface area contributed by atoms with E-state index in [2.05, 4.69) is 15.6 Å². The van der Waals surface area contributed by atoms with E-state index in [0.717, 1.165) is 12.8 Å². The molecule has 0 aliphatic heterocycles. The maximum Gasteiger partial charge on any atom is 0.390 e. The summed E-state index contributed by atoms with van der Waals surface area (Å²) in [5.41, 5.74) is -0.0416. The van der Waals surface area contributed by atoms with Crippen LogP contribution >= 0.6 is 0 Å². The normalized spacial score (nSPS) is 12.3. The zero-order valence-electron chi connectivity index (χ0n) is 12.5. The summed E-state index contributed by atoms with van der Waals surface area (Å²) in [5.74, 6) is 0.348. The van der Waals surface area contributed by atoms with Crippen molar-refractivity contribution in [2.24, 2.45) is 4.99 Å². The molecule has 0 radical (unpaired) electrons. The molecule has 0 atom stereocenters. The monoisotopic (exact) mass is 318 g/mol. The first-order valence-corrected chi connectivity index (χ1v) is 7.09. The smallest absolute Gasteiger partial charge is 0.356 e. The Hall–Kier alpha value is -1.99. The van der Waals surface area contributed by atoms with E-state index in [-0.39, 0.29) is 12.1 Å². The van der Waals surface area contributed by atoms with Crippen molar-refractivity contribution in [1.82, 2.24) is 15.2 Å². The molecule has 1 aromatic heterocycles. The largest absolute Gasteiger partial charge is 0.390 e. The highest BCUT2D eigenvalue weighted by molar-refractivity contribution is 5.79. The first-order chi connectivity index (χ1) is 10.4. The summed E-state index contributed by atoms with van der Waals surface area (Å²) in [5, 5.41) is 5.55. The van der Waals surface area contributed by atoms with Gasteiger partial charge in [-0.25, -0.2) is 0 Å². The van der Waals surface area contributed by atoms with Crippen LogP contribution in [0.15, 0.2) is 34.2 Å². The van der Waals surface area contributed by atoms with Crippen molar-refractivity contribution in [3.63, 3.8) is 0 Å². The lowest BCUT2D eigenvalue weighted by Gasteiger charge is -2.13. The van der Waals surface area contributed by atoms with Crippen LogP contribution in [0.1, 0.15) is 19.3 Å². The number of nitrogens with zero attached hydrogens (tertiary/aromatic N) is 2. The summed E-state index contributed by atoms with van der Waals surface area (Å²) in [6.07, 6.45) is -1.77. The number of pyridine rings is 1. The minimum absolute atomic E-state index is 0.0416. The molecule has 1 aromatic rings. The molecule has 1 heterocycles. The average molecular weight is 318 g/mol. The van der Waals surface area contributed by atoms with Crippen molar-refractivity contribution in [3.8, 4) is 0 Å². The maximum absolute atomic E-state index is 12.0. The second-order valence-electron chi connectivity index (χ2n) is 4.73. The highest BCUT2D eigenvalue weighted by Gasteiger charge is 2.26. The van der Waals surface area contributed by atoms with E-state index >= 15 is 0 Å². The fourth-order valence-corrected chi connectivity index (χ4v) is 1.80. The molecule has 0 unspecified atom stereocenters. The molecule has 0 fully saturated rings. The maximum atomic E-state index is 12.0. The van der Waals surface area contributed by atoms with E-state index in [0.29, 0.717) is 19.0 Å². The molecular weight excluding hydrogens is 297 g/mol. The van der Waals surface area contributed by atoms with Gasteiger partial charge in [0.05, 0.1) is 6.42 Å². The number of hydrogen-bond donors (Lipinski definition) is 2. The van der Waals surface area contributed by atoms with Gasteiger partial charge in [0, 0.05) is 38.9 Å². The van der Waals surface area contributed by atoms with Gasteiger partial charge >= 0.3 is 6.18 Å². The molecule has 5 nitrogen and oxygen atoms in total. The van der Waals surface area contributed by atoms with E-state index in [4.69, 9.17) is 0 Å². The minimum Gasteiger partial charge on any atom is -0.356 e. The molecule has 0 bridgehead atoms. The Morgan fingerprint density at radius 2 is 1.95 bits per heavy atom. The number of nitrogens with one attached hydrogen (secondary N) is 2. The van der Waals surface area contributed by atoms with Crippen molar-refractivity contribution >= 4 is 5.96 Å². The first-order valence-electron chi connectivity index (χ1n) is 7.09. The molecule has 0 saturated carbocycles. The van der Waals surface area contributed by atoms with Crippen molar-refractivity contribution in [1.29, 1.82) is 0 Å². The number of hydrogen-bond acceptors (Lipinski definition) is 2. The van der Waals surface area contributed by atoms with Crippen LogP contribution in [-0.4, -0.2) is 36.8 Å². The van der Waals surface area contributed by atoms with Crippen molar-refractivity contribution in [2.45, 2.75) is 32.0 Å². The van der Waals surface area contributed by atoms with Crippen LogP contribution in [0.4, 0.5) is 13.2 Å². The Labute approximate surface area is 127 Å². The van der Waals surface area contributed by atoms with Crippen LogP contribution in [0.25, 0.3) is 0 Å². The summed E-state index contributed by atoms with van der Waals surface area (Å²) in [6.45, 7) is 0.983. The predicted octanol–water partition coefficient (Wildman–Crippen LogP) is 1.75. The number of rotatable bonds is 7. The number of aliphatic imine (C=N–C) groups is 1. The molecule has 0 saturated heterocycles. The quantitative estimate of drug-likeness (QED) is 0.457. The van der Waals surface area contributed by atoms with E-state index in [1.54, 1.807) is 22.9 Å². The van der Waals surface area contributed by atoms with Crippen molar-refractivity contribution in [2.75, 3.05) is 20.1 Å². The van der Waals surface area contributed by atoms with Crippen LogP contribution in [0.3, 0.4) is 0 Å². The minimum atomic E-state index is -4.17. The van der Waals surface area contributed by atoms with Gasteiger partial charge < -0.3 is 15.2 Å². The van der Waals surface area contributed by atoms with Gasteiger partial charge in [-0.3, -0.25) is 9.79 Å². The third kappa shape index (κ3) is 7.70. The standard InChI is InChI=1S/C14H21F3N4O/c1-18-13(20-9-7-14(15,16)17)19-8-3-5-11-21-10-4-2-6-12(21)22/h2,4,6,10H,3,5,7-9,11H2,1H3,(H2,18,19,20). The second kappa shape index (κ2) is 9.11. The van der Waals surface area contributed by atoms with Crippen LogP contribution < -0.4 is 16.2 Å². The van der Waals surface area contributed by atoms with E-state index in [1.807, 2.05) is 0 Å². The zero-order valence-corrected chi connectivity index (χ0v) is 12.5. The molecule has 0 aliphatic carbocycles. The number of aromatic nitrogens is 1. The van der Waals surface area contributed by atoms with Gasteiger partial charge in [-0.15, -0.1) is 0 Å². The lowest BCUT2D eigenvalue weighted by Crippen LogP contribution is -2.39. The van der Waals surface area contributed by atoms with E-state index < -0.39 is 12.6 Å². The van der Waals surface area contributed by atoms with E-state index in [1.165, 1.54) is 13.1 Å². The molecule has 2 N–H and O–H groups in total. The van der Waals surface area contributed by atoms with Gasteiger partial charge in [-0.2, -0.15) is 13.2 Å². The van der Waals surface area contributed by atoms with E-state index in [9.17, 15) is 18.0 Å². The van der Waals surface area contributed by atoms with Gasteiger partial charge in [-0.05, 0) is 18.9 Å². The first kappa shape index (κ1) is 18.1. The number of halogens is 3. The number of alkyl halides is 3. The molecule has 1 rings (SSSR count). The van der Waals surface area contributed by atoms with Crippen molar-refractivity contribution in [3.05, 3.63) is 34.7 Å². The van der Waals surface area contributed by atoms with Crippen LogP contribution in [0.2, 0.25) is 0 Å². The fraction of sp³-hybridized carbons (Fsp3) is 0.571. The number of unbranched alkanes of at least 4 members (excludes halogenated alkanes) is 1. The SMILES string of the molecule is CN=C(NCCCCn1ccccc1=O)NCCC(F)(F)F. The molecule has 8 heteroatoms. The Balaban J connectivity index is 2.17. The molecule has 124 valence electrons. The third-order valence-corrected chi connectivity index (χ3v) is 2.94. The van der Waals surface area contributed by atoms with Crippen LogP contribution in [0, 0.1) is 0 Å². The highest BCUT2D eigenvalue weighted by Crippen LogP contribution is 2.17. The zero-order chi connectivity index (χ0) is 16.4. The summed E-state index contributed by atoms with van der Waals surface area (Å²) in [7, 11) is 1.51. The van der Waals surface area contributed by atoms with Gasteiger partial charge in [-0.1, -0.05) is 6.07 Å². The fourth-order valence-electron chi connectivity index (χ4n) is 1.80. The number of aryl methyl sites for hydroxylation is 1. The Morgan fingerprint density at radius 1 is 1.23 bits per heavy atom.